The highest BCUT2D eigenvalue weighted by Gasteiger charge is 2.17. The van der Waals surface area contributed by atoms with Crippen molar-refractivity contribution < 1.29 is 8.81 Å². The van der Waals surface area contributed by atoms with E-state index in [9.17, 15) is 4.39 Å². The molecule has 6 heteroatoms. The zero-order chi connectivity index (χ0) is 14.7. The first kappa shape index (κ1) is 15.0. The van der Waals surface area contributed by atoms with Gasteiger partial charge in [0.2, 0.25) is 0 Å². The number of hydrogen-bond acceptors (Lipinski definition) is 3. The van der Waals surface area contributed by atoms with Gasteiger partial charge in [0.25, 0.3) is 0 Å². The van der Waals surface area contributed by atoms with Crippen LogP contribution >= 0.6 is 28.1 Å². The van der Waals surface area contributed by atoms with Crippen LogP contribution in [0.1, 0.15) is 18.2 Å². The Morgan fingerprint density at radius 3 is 2.75 bits per heavy atom. The van der Waals surface area contributed by atoms with Crippen LogP contribution in [0.5, 0.6) is 0 Å². The van der Waals surface area contributed by atoms with E-state index in [1.54, 1.807) is 18.4 Å². The van der Waals surface area contributed by atoms with Crippen molar-refractivity contribution in [3.63, 3.8) is 0 Å². The second-order valence-electron chi connectivity index (χ2n) is 4.22. The second-order valence-corrected chi connectivity index (χ2v) is 5.45. The van der Waals surface area contributed by atoms with Crippen molar-refractivity contribution in [1.29, 1.82) is 0 Å². The molecule has 20 heavy (non-hydrogen) atoms. The average Bonchev–Trinajstić information content (AvgIpc) is 2.92. The van der Waals surface area contributed by atoms with Crippen molar-refractivity contribution in [2.75, 3.05) is 11.4 Å². The van der Waals surface area contributed by atoms with Gasteiger partial charge in [-0.2, -0.15) is 0 Å². The average molecular weight is 357 g/mol. The maximum absolute atomic E-state index is 14.5. The maximum atomic E-state index is 14.5. The van der Waals surface area contributed by atoms with E-state index in [0.717, 1.165) is 5.76 Å². The Labute approximate surface area is 130 Å². The summed E-state index contributed by atoms with van der Waals surface area (Å²) >= 11 is 8.11. The Hall–Kier alpha value is -1.40. The molecule has 0 amide bonds. The largest absolute Gasteiger partial charge is 0.467 e. The first-order valence-electron chi connectivity index (χ1n) is 6.09. The zero-order valence-corrected chi connectivity index (χ0v) is 13.3. The summed E-state index contributed by atoms with van der Waals surface area (Å²) in [5.74, 6) is 0.407. The molecule has 2 N–H and O–H groups in total. The van der Waals surface area contributed by atoms with E-state index in [2.05, 4.69) is 15.9 Å². The summed E-state index contributed by atoms with van der Waals surface area (Å²) in [5.41, 5.74) is 6.54. The lowest BCUT2D eigenvalue weighted by Crippen LogP contribution is -2.23. The third-order valence-corrected chi connectivity index (χ3v) is 3.97. The minimum absolute atomic E-state index is 0.163. The predicted octanol–water partition coefficient (Wildman–Crippen LogP) is 3.84. The van der Waals surface area contributed by atoms with Gasteiger partial charge in [-0.1, -0.05) is 12.2 Å². The molecule has 106 valence electrons. The van der Waals surface area contributed by atoms with E-state index >= 15 is 0 Å². The van der Waals surface area contributed by atoms with Crippen molar-refractivity contribution >= 4 is 38.8 Å². The number of furan rings is 1. The highest BCUT2D eigenvalue weighted by Crippen LogP contribution is 2.30. The standard InChI is InChI=1S/C14H14BrFN2OS/c1-2-18(8-9-4-3-7-19-9)11-6-5-10(14(17)20)12(15)13(11)16/h3-7H,2,8H2,1H3,(H2,17,20). The fraction of sp³-hybridized carbons (Fsp3) is 0.214. The lowest BCUT2D eigenvalue weighted by Gasteiger charge is -2.23. The highest BCUT2D eigenvalue weighted by atomic mass is 79.9. The minimum atomic E-state index is -0.372. The number of rotatable bonds is 5. The van der Waals surface area contributed by atoms with Gasteiger partial charge in [-0.05, 0) is 47.1 Å². The van der Waals surface area contributed by atoms with Gasteiger partial charge in [0.05, 0.1) is 23.0 Å². The summed E-state index contributed by atoms with van der Waals surface area (Å²) in [5, 5.41) is 0. The van der Waals surface area contributed by atoms with Gasteiger partial charge in [0.15, 0.2) is 5.82 Å². The Bertz CT molecular complexity index is 616. The van der Waals surface area contributed by atoms with E-state index in [-0.39, 0.29) is 10.8 Å². The number of nitrogens with two attached hydrogens (primary N) is 1. The SMILES string of the molecule is CCN(Cc1ccco1)c1ccc(C(N)=S)c(Br)c1F. The second kappa shape index (κ2) is 6.37. The van der Waals surface area contributed by atoms with Crippen LogP contribution in [0, 0.1) is 5.82 Å². The zero-order valence-electron chi connectivity index (χ0n) is 10.9. The first-order chi connectivity index (χ1) is 9.54. The van der Waals surface area contributed by atoms with Gasteiger partial charge in [-0.3, -0.25) is 0 Å². The lowest BCUT2D eigenvalue weighted by molar-refractivity contribution is 0.501. The number of halogens is 2. The van der Waals surface area contributed by atoms with E-state index in [0.29, 0.717) is 28.8 Å². The van der Waals surface area contributed by atoms with E-state index < -0.39 is 0 Å². The molecule has 0 atom stereocenters. The molecule has 1 aromatic carbocycles. The summed E-state index contributed by atoms with van der Waals surface area (Å²) in [7, 11) is 0. The van der Waals surface area contributed by atoms with Crippen molar-refractivity contribution in [2.24, 2.45) is 5.73 Å². The van der Waals surface area contributed by atoms with E-state index in [1.807, 2.05) is 24.0 Å². The van der Waals surface area contributed by atoms with Gasteiger partial charge in [-0.25, -0.2) is 4.39 Å². The van der Waals surface area contributed by atoms with Crippen molar-refractivity contribution in [3.05, 3.63) is 52.1 Å². The molecule has 0 saturated carbocycles. The summed E-state index contributed by atoms with van der Waals surface area (Å²) in [4.78, 5) is 2.04. The summed E-state index contributed by atoms with van der Waals surface area (Å²) in [6.45, 7) is 3.10. The van der Waals surface area contributed by atoms with Crippen molar-refractivity contribution in [3.8, 4) is 0 Å². The Balaban J connectivity index is 2.35. The van der Waals surface area contributed by atoms with Crippen LogP contribution in [0.25, 0.3) is 0 Å². The molecule has 0 bridgehead atoms. The van der Waals surface area contributed by atoms with Crippen molar-refractivity contribution in [2.45, 2.75) is 13.5 Å². The van der Waals surface area contributed by atoms with Crippen LogP contribution in [0.3, 0.4) is 0 Å². The first-order valence-corrected chi connectivity index (χ1v) is 7.29. The fourth-order valence-corrected chi connectivity index (χ4v) is 2.78. The molecule has 0 unspecified atom stereocenters. The lowest BCUT2D eigenvalue weighted by atomic mass is 10.1. The van der Waals surface area contributed by atoms with Crippen LogP contribution in [0.4, 0.5) is 10.1 Å². The molecule has 0 spiro atoms. The highest BCUT2D eigenvalue weighted by molar-refractivity contribution is 9.10. The summed E-state index contributed by atoms with van der Waals surface area (Å²) < 4.78 is 20.0. The fourth-order valence-electron chi connectivity index (χ4n) is 1.93. The molecule has 0 aliphatic rings. The third kappa shape index (κ3) is 3.02. The molecule has 2 rings (SSSR count). The number of thiocarbonyl (C=S) groups is 1. The number of anilines is 1. The molecule has 0 aliphatic heterocycles. The molecular weight excluding hydrogens is 343 g/mol. The van der Waals surface area contributed by atoms with Crippen LogP contribution in [0.15, 0.2) is 39.4 Å². The number of nitrogens with zero attached hydrogens (tertiary/aromatic N) is 1. The molecule has 1 heterocycles. The van der Waals surface area contributed by atoms with Gasteiger partial charge in [0.1, 0.15) is 10.7 Å². The van der Waals surface area contributed by atoms with Crippen LogP contribution in [0.2, 0.25) is 0 Å². The maximum Gasteiger partial charge on any atom is 0.161 e. The van der Waals surface area contributed by atoms with Crippen LogP contribution in [-0.2, 0) is 6.54 Å². The molecular formula is C14H14BrFN2OS. The third-order valence-electron chi connectivity index (χ3n) is 2.98. The molecule has 1 aromatic heterocycles. The molecule has 0 aliphatic carbocycles. The van der Waals surface area contributed by atoms with Gasteiger partial charge >= 0.3 is 0 Å². The minimum Gasteiger partial charge on any atom is -0.467 e. The van der Waals surface area contributed by atoms with E-state index in [4.69, 9.17) is 22.4 Å². The number of benzene rings is 1. The molecule has 0 saturated heterocycles. The normalized spacial score (nSPS) is 10.6. The van der Waals surface area contributed by atoms with E-state index in [1.165, 1.54) is 0 Å². The smallest absolute Gasteiger partial charge is 0.161 e. The topological polar surface area (TPSA) is 42.4 Å². The molecule has 3 nitrogen and oxygen atoms in total. The summed E-state index contributed by atoms with van der Waals surface area (Å²) in [6.07, 6.45) is 1.60. The van der Waals surface area contributed by atoms with Crippen LogP contribution < -0.4 is 10.6 Å². The quantitative estimate of drug-likeness (QED) is 0.826. The molecule has 0 fully saturated rings. The Kier molecular flexibility index (Phi) is 4.77. The van der Waals surface area contributed by atoms with Crippen LogP contribution in [-0.4, -0.2) is 11.5 Å². The summed E-state index contributed by atoms with van der Waals surface area (Å²) in [6, 6.07) is 7.07. The van der Waals surface area contributed by atoms with Gasteiger partial charge in [-0.15, -0.1) is 0 Å². The Morgan fingerprint density at radius 1 is 1.45 bits per heavy atom. The monoisotopic (exact) mass is 356 g/mol. The Morgan fingerprint density at radius 2 is 2.20 bits per heavy atom. The van der Waals surface area contributed by atoms with Crippen molar-refractivity contribution in [1.82, 2.24) is 0 Å². The molecule has 0 radical (unpaired) electrons. The number of hydrogen-bond donors (Lipinski definition) is 1. The van der Waals surface area contributed by atoms with Gasteiger partial charge in [0, 0.05) is 12.1 Å². The van der Waals surface area contributed by atoms with Gasteiger partial charge < -0.3 is 15.1 Å². The molecule has 2 aromatic rings. The predicted molar refractivity (Wildman–Crippen MR) is 85.4 cm³/mol.